The fraction of sp³-hybridized carbons (Fsp3) is 0.250. The van der Waals surface area contributed by atoms with E-state index < -0.39 is 15.9 Å². The summed E-state index contributed by atoms with van der Waals surface area (Å²) in [6.45, 7) is 0.317. The fourth-order valence-electron chi connectivity index (χ4n) is 3.30. The van der Waals surface area contributed by atoms with Gasteiger partial charge < -0.3 is 11.1 Å². The van der Waals surface area contributed by atoms with Crippen molar-refractivity contribution in [2.75, 3.05) is 18.4 Å². The third kappa shape index (κ3) is 4.45. The molecule has 3 N–H and O–H groups in total. The molecular weight excluding hydrogens is 392 g/mol. The summed E-state index contributed by atoms with van der Waals surface area (Å²) in [6.07, 6.45) is 0.698. The largest absolute Gasteiger partial charge is 0.366 e. The Morgan fingerprint density at radius 2 is 1.79 bits per heavy atom. The maximum absolute atomic E-state index is 12.9. The highest BCUT2D eigenvalue weighted by Crippen LogP contribution is 2.26. The molecule has 150 valence electrons. The van der Waals surface area contributed by atoms with Crippen molar-refractivity contribution in [2.24, 2.45) is 11.7 Å². The monoisotopic (exact) mass is 412 g/mol. The standard InChI is InChI=1S/C20H20N4O4S/c21-13-14-4-3-5-16(12-14)23-20(26)15-8-10-24(11-9-15)29(27,28)18-7-2-1-6-17(18)19(22)25/h1-7,12,15H,8-11H2,(H2,22,25)(H,23,26). The number of rotatable bonds is 5. The van der Waals surface area contributed by atoms with E-state index >= 15 is 0 Å². The van der Waals surface area contributed by atoms with Gasteiger partial charge in [-0.15, -0.1) is 0 Å². The summed E-state index contributed by atoms with van der Waals surface area (Å²) in [4.78, 5) is 24.0. The minimum atomic E-state index is -3.89. The molecule has 3 rings (SSSR count). The molecule has 0 radical (unpaired) electrons. The van der Waals surface area contributed by atoms with Crippen LogP contribution < -0.4 is 11.1 Å². The fourth-order valence-corrected chi connectivity index (χ4v) is 4.97. The number of hydrogen-bond acceptors (Lipinski definition) is 5. The maximum Gasteiger partial charge on any atom is 0.250 e. The number of anilines is 1. The van der Waals surface area contributed by atoms with Gasteiger partial charge in [-0.2, -0.15) is 9.57 Å². The lowest BCUT2D eigenvalue weighted by Crippen LogP contribution is -2.41. The number of nitrogens with one attached hydrogen (secondary N) is 1. The van der Waals surface area contributed by atoms with Gasteiger partial charge in [-0.1, -0.05) is 18.2 Å². The van der Waals surface area contributed by atoms with Crippen LogP contribution in [-0.4, -0.2) is 37.6 Å². The summed E-state index contributed by atoms with van der Waals surface area (Å²) in [6, 6.07) is 14.4. The predicted molar refractivity (Wildman–Crippen MR) is 106 cm³/mol. The average Bonchev–Trinajstić information content (AvgIpc) is 2.74. The number of carbonyl (C=O) groups excluding carboxylic acids is 2. The molecule has 0 aliphatic carbocycles. The van der Waals surface area contributed by atoms with Crippen molar-refractivity contribution in [3.63, 3.8) is 0 Å². The zero-order chi connectivity index (χ0) is 21.0. The summed E-state index contributed by atoms with van der Waals surface area (Å²) in [5.74, 6) is -1.37. The van der Waals surface area contributed by atoms with E-state index in [0.29, 0.717) is 24.1 Å². The van der Waals surface area contributed by atoms with Crippen molar-refractivity contribution in [3.8, 4) is 6.07 Å². The molecule has 29 heavy (non-hydrogen) atoms. The zero-order valence-electron chi connectivity index (χ0n) is 15.5. The molecule has 2 aromatic rings. The Morgan fingerprint density at radius 3 is 2.45 bits per heavy atom. The van der Waals surface area contributed by atoms with Crippen molar-refractivity contribution >= 4 is 27.5 Å². The van der Waals surface area contributed by atoms with Gasteiger partial charge in [0.2, 0.25) is 21.8 Å². The number of sulfonamides is 1. The Labute approximate surface area is 169 Å². The highest BCUT2D eigenvalue weighted by Gasteiger charge is 2.33. The molecule has 1 heterocycles. The molecule has 0 aromatic heterocycles. The minimum absolute atomic E-state index is 0.0512. The molecule has 0 bridgehead atoms. The lowest BCUT2D eigenvalue weighted by atomic mass is 9.97. The molecule has 2 aromatic carbocycles. The zero-order valence-corrected chi connectivity index (χ0v) is 16.4. The second-order valence-corrected chi connectivity index (χ2v) is 8.63. The molecule has 1 saturated heterocycles. The molecule has 2 amide bonds. The molecule has 0 unspecified atom stereocenters. The highest BCUT2D eigenvalue weighted by atomic mass is 32.2. The van der Waals surface area contributed by atoms with Crippen LogP contribution in [0.5, 0.6) is 0 Å². The molecule has 9 heteroatoms. The van der Waals surface area contributed by atoms with E-state index in [1.807, 2.05) is 6.07 Å². The summed E-state index contributed by atoms with van der Waals surface area (Å²) < 4.78 is 27.1. The van der Waals surface area contributed by atoms with Crippen molar-refractivity contribution in [1.82, 2.24) is 4.31 Å². The quantitative estimate of drug-likeness (QED) is 0.771. The van der Waals surface area contributed by atoms with E-state index in [0.717, 1.165) is 0 Å². The number of carbonyl (C=O) groups is 2. The molecule has 1 fully saturated rings. The Balaban J connectivity index is 1.68. The van der Waals surface area contributed by atoms with E-state index in [2.05, 4.69) is 5.32 Å². The van der Waals surface area contributed by atoms with Crippen LogP contribution in [0.2, 0.25) is 0 Å². The second kappa shape index (κ2) is 8.43. The lowest BCUT2D eigenvalue weighted by Gasteiger charge is -2.31. The normalized spacial score (nSPS) is 15.4. The van der Waals surface area contributed by atoms with Crippen molar-refractivity contribution in [1.29, 1.82) is 5.26 Å². The average molecular weight is 412 g/mol. The number of piperidine rings is 1. The lowest BCUT2D eigenvalue weighted by molar-refractivity contribution is -0.120. The van der Waals surface area contributed by atoms with Gasteiger partial charge in [0.1, 0.15) is 0 Å². The molecule has 1 aliphatic rings. The Morgan fingerprint density at radius 1 is 1.10 bits per heavy atom. The van der Waals surface area contributed by atoms with Crippen LogP contribution in [0.3, 0.4) is 0 Å². The van der Waals surface area contributed by atoms with Gasteiger partial charge in [0.25, 0.3) is 0 Å². The van der Waals surface area contributed by atoms with Gasteiger partial charge in [0.15, 0.2) is 0 Å². The van der Waals surface area contributed by atoms with Gasteiger partial charge in [-0.3, -0.25) is 9.59 Å². The summed E-state index contributed by atoms with van der Waals surface area (Å²) in [5, 5.41) is 11.7. The van der Waals surface area contributed by atoms with E-state index in [-0.39, 0.29) is 35.4 Å². The topological polar surface area (TPSA) is 133 Å². The van der Waals surface area contributed by atoms with Crippen LogP contribution in [0.1, 0.15) is 28.8 Å². The van der Waals surface area contributed by atoms with Crippen LogP contribution >= 0.6 is 0 Å². The van der Waals surface area contributed by atoms with Gasteiger partial charge in [0.05, 0.1) is 22.1 Å². The van der Waals surface area contributed by atoms with Crippen molar-refractivity contribution in [3.05, 3.63) is 59.7 Å². The van der Waals surface area contributed by atoms with Crippen molar-refractivity contribution < 1.29 is 18.0 Å². The molecule has 0 atom stereocenters. The number of primary amides is 1. The number of nitriles is 1. The maximum atomic E-state index is 12.9. The van der Waals surface area contributed by atoms with E-state index in [9.17, 15) is 18.0 Å². The van der Waals surface area contributed by atoms with Gasteiger partial charge >= 0.3 is 0 Å². The Hall–Kier alpha value is -3.22. The number of amides is 2. The van der Waals surface area contributed by atoms with E-state index in [1.54, 1.807) is 30.3 Å². The number of nitrogens with two attached hydrogens (primary N) is 1. The smallest absolute Gasteiger partial charge is 0.250 e. The molecule has 0 spiro atoms. The predicted octanol–water partition coefficient (Wildman–Crippen LogP) is 1.70. The first-order valence-electron chi connectivity index (χ1n) is 9.03. The van der Waals surface area contributed by atoms with Crippen LogP contribution in [0, 0.1) is 17.2 Å². The first-order chi connectivity index (χ1) is 13.8. The summed E-state index contributed by atoms with van der Waals surface area (Å²) >= 11 is 0. The molecule has 0 saturated carbocycles. The number of benzene rings is 2. The third-order valence-electron chi connectivity index (χ3n) is 4.85. The van der Waals surface area contributed by atoms with E-state index in [4.69, 9.17) is 11.0 Å². The van der Waals surface area contributed by atoms with Gasteiger partial charge in [-0.25, -0.2) is 8.42 Å². The molecule has 8 nitrogen and oxygen atoms in total. The summed E-state index contributed by atoms with van der Waals surface area (Å²) in [7, 11) is -3.89. The van der Waals surface area contributed by atoms with Crippen LogP contribution in [0.25, 0.3) is 0 Å². The van der Waals surface area contributed by atoms with Gasteiger partial charge in [-0.05, 0) is 43.2 Å². The minimum Gasteiger partial charge on any atom is -0.366 e. The van der Waals surface area contributed by atoms with Crippen LogP contribution in [0.15, 0.2) is 53.4 Å². The molecule has 1 aliphatic heterocycles. The number of hydrogen-bond donors (Lipinski definition) is 2. The second-order valence-electron chi connectivity index (χ2n) is 6.72. The van der Waals surface area contributed by atoms with Gasteiger partial charge in [0, 0.05) is 24.7 Å². The first-order valence-corrected chi connectivity index (χ1v) is 10.5. The third-order valence-corrected chi connectivity index (χ3v) is 6.81. The molecular formula is C20H20N4O4S. The summed E-state index contributed by atoms with van der Waals surface area (Å²) in [5.41, 5.74) is 6.22. The SMILES string of the molecule is N#Cc1cccc(NC(=O)C2CCN(S(=O)(=O)c3ccccc3C(N)=O)CC2)c1. The van der Waals surface area contributed by atoms with Crippen LogP contribution in [0.4, 0.5) is 5.69 Å². The number of nitrogens with zero attached hydrogens (tertiary/aromatic N) is 2. The highest BCUT2D eigenvalue weighted by molar-refractivity contribution is 7.89. The first kappa shape index (κ1) is 20.5. The van der Waals surface area contributed by atoms with Crippen molar-refractivity contribution in [2.45, 2.75) is 17.7 Å². The Bertz CT molecular complexity index is 1080. The van der Waals surface area contributed by atoms with E-state index in [1.165, 1.54) is 22.5 Å². The Kier molecular flexibility index (Phi) is 5.96. The van der Waals surface area contributed by atoms with Crippen LogP contribution in [-0.2, 0) is 14.8 Å².